The molecule has 2 saturated heterocycles. The number of aromatic nitrogens is 1. The van der Waals surface area contributed by atoms with Gasteiger partial charge in [0, 0.05) is 19.0 Å². The van der Waals surface area contributed by atoms with Crippen LogP contribution in [0.3, 0.4) is 0 Å². The Morgan fingerprint density at radius 2 is 2.04 bits per heavy atom. The predicted molar refractivity (Wildman–Crippen MR) is 96.6 cm³/mol. The van der Waals surface area contributed by atoms with Crippen LogP contribution in [0, 0.1) is 5.82 Å². The highest BCUT2D eigenvalue weighted by Crippen LogP contribution is 2.40. The molecule has 3 aliphatic rings. The van der Waals surface area contributed by atoms with Crippen LogP contribution in [0.25, 0.3) is 10.9 Å². The monoisotopic (exact) mass is 390 g/mol. The zero-order valence-electron chi connectivity index (χ0n) is 15.0. The maximum absolute atomic E-state index is 14.9. The Bertz CT molecular complexity index is 1030. The minimum Gasteiger partial charge on any atom is -0.449 e. The van der Waals surface area contributed by atoms with E-state index in [2.05, 4.69) is 4.74 Å². The number of ether oxygens (including phenoxy) is 3. The van der Waals surface area contributed by atoms with E-state index >= 15 is 0 Å². The lowest BCUT2D eigenvalue weighted by molar-refractivity contribution is -0.137. The van der Waals surface area contributed by atoms with Crippen LogP contribution < -0.4 is 15.1 Å². The van der Waals surface area contributed by atoms with Crippen molar-refractivity contribution in [2.24, 2.45) is 0 Å². The normalized spacial score (nSPS) is 21.0. The van der Waals surface area contributed by atoms with Crippen LogP contribution in [-0.2, 0) is 9.47 Å². The summed E-state index contributed by atoms with van der Waals surface area (Å²) < 4.78 is 32.8. The quantitative estimate of drug-likeness (QED) is 0.805. The molecule has 1 spiro atoms. The molecule has 1 aromatic carbocycles. The molecule has 8 nitrogen and oxygen atoms in total. The third-order valence-electron chi connectivity index (χ3n) is 5.55. The number of carbonyl (C=O) groups is 1. The van der Waals surface area contributed by atoms with Crippen LogP contribution in [0.1, 0.15) is 25.3 Å². The van der Waals surface area contributed by atoms with Gasteiger partial charge in [-0.3, -0.25) is 4.79 Å². The zero-order valence-corrected chi connectivity index (χ0v) is 15.0. The van der Waals surface area contributed by atoms with E-state index in [9.17, 15) is 14.0 Å². The molecule has 5 rings (SSSR count). The zero-order chi connectivity index (χ0) is 19.5. The highest BCUT2D eigenvalue weighted by molar-refractivity contribution is 5.85. The smallest absolute Gasteiger partial charge is 0.449 e. The lowest BCUT2D eigenvalue weighted by Crippen LogP contribution is -2.34. The van der Waals surface area contributed by atoms with Crippen molar-refractivity contribution in [1.82, 2.24) is 4.57 Å². The van der Waals surface area contributed by atoms with Gasteiger partial charge in [0.15, 0.2) is 11.5 Å². The summed E-state index contributed by atoms with van der Waals surface area (Å²) in [4.78, 5) is 25.4. The van der Waals surface area contributed by atoms with Gasteiger partial charge in [0.1, 0.15) is 5.82 Å². The summed E-state index contributed by atoms with van der Waals surface area (Å²) in [5, 5.41) is 8.98. The van der Waals surface area contributed by atoms with Gasteiger partial charge in [0.05, 0.1) is 42.5 Å². The topological polar surface area (TPSA) is 90.2 Å². The molecule has 1 saturated carbocycles. The van der Waals surface area contributed by atoms with Crippen LogP contribution in [0.15, 0.2) is 23.1 Å². The summed E-state index contributed by atoms with van der Waals surface area (Å²) in [5.41, 5.74) is 0.306. The van der Waals surface area contributed by atoms with Gasteiger partial charge in [0.2, 0.25) is 5.43 Å². The van der Waals surface area contributed by atoms with Crippen LogP contribution in [0.4, 0.5) is 14.9 Å². The third-order valence-corrected chi connectivity index (χ3v) is 5.55. The molecule has 148 valence electrons. The molecule has 0 amide bonds. The highest BCUT2D eigenvalue weighted by atomic mass is 19.1. The molecular formula is C19H19FN2O6. The van der Waals surface area contributed by atoms with Crippen molar-refractivity contribution in [3.63, 3.8) is 0 Å². The second-order valence-corrected chi connectivity index (χ2v) is 7.43. The fourth-order valence-corrected chi connectivity index (χ4v) is 4.09. The molecule has 28 heavy (non-hydrogen) atoms. The van der Waals surface area contributed by atoms with Gasteiger partial charge in [-0.25, -0.2) is 9.18 Å². The maximum Gasteiger partial charge on any atom is 0.511 e. The number of carboxylic acid groups (broad SMARTS) is 1. The molecule has 1 N–H and O–H groups in total. The van der Waals surface area contributed by atoms with Crippen molar-refractivity contribution in [1.29, 1.82) is 0 Å². The lowest BCUT2D eigenvalue weighted by Gasteiger charge is -2.24. The largest absolute Gasteiger partial charge is 0.511 e. The fourth-order valence-electron chi connectivity index (χ4n) is 4.09. The number of nitrogens with zero attached hydrogens (tertiary/aromatic N) is 2. The standard InChI is InChI=1S/C19H19FN2O6/c20-13-7-12-14(8-15(13)21-4-3-19(10-21)26-5-6-27-19)22(11-1-2-11)9-16(17(12)23)28-18(24)25/h7-9,11H,1-6,10H2,(H,24,25). The Morgan fingerprint density at radius 1 is 1.29 bits per heavy atom. The molecular weight excluding hydrogens is 371 g/mol. The van der Waals surface area contributed by atoms with E-state index < -0.39 is 23.2 Å². The first-order chi connectivity index (χ1) is 13.5. The van der Waals surface area contributed by atoms with Crippen molar-refractivity contribution in [2.45, 2.75) is 31.1 Å². The molecule has 0 atom stereocenters. The van der Waals surface area contributed by atoms with E-state index in [1.807, 2.05) is 9.47 Å². The molecule has 1 aliphatic carbocycles. The summed E-state index contributed by atoms with van der Waals surface area (Å²) in [6.07, 6.45) is 2.30. The summed E-state index contributed by atoms with van der Waals surface area (Å²) in [6.45, 7) is 2.06. The molecule has 0 unspecified atom stereocenters. The molecule has 2 aromatic rings. The van der Waals surface area contributed by atoms with Crippen molar-refractivity contribution >= 4 is 22.7 Å². The van der Waals surface area contributed by atoms with Gasteiger partial charge >= 0.3 is 6.16 Å². The van der Waals surface area contributed by atoms with E-state index in [0.29, 0.717) is 43.9 Å². The van der Waals surface area contributed by atoms with E-state index in [1.165, 1.54) is 12.3 Å². The molecule has 3 heterocycles. The van der Waals surface area contributed by atoms with Crippen molar-refractivity contribution in [3.05, 3.63) is 34.4 Å². The highest BCUT2D eigenvalue weighted by Gasteiger charge is 2.44. The summed E-state index contributed by atoms with van der Waals surface area (Å²) in [7, 11) is 0. The Morgan fingerprint density at radius 3 is 2.71 bits per heavy atom. The number of hydrogen-bond acceptors (Lipinski definition) is 6. The van der Waals surface area contributed by atoms with Gasteiger partial charge in [-0.05, 0) is 25.0 Å². The van der Waals surface area contributed by atoms with Crippen molar-refractivity contribution in [2.75, 3.05) is 31.2 Å². The molecule has 9 heteroatoms. The SMILES string of the molecule is O=C(O)Oc1cn(C2CC2)c2cc(N3CCC4(C3)OCCO4)c(F)cc2c1=O. The Labute approximate surface area is 159 Å². The van der Waals surface area contributed by atoms with E-state index in [1.54, 1.807) is 6.07 Å². The number of pyridine rings is 1. The minimum absolute atomic E-state index is 0.106. The second kappa shape index (κ2) is 6.18. The molecule has 0 radical (unpaired) electrons. The number of hydrogen-bond donors (Lipinski definition) is 1. The van der Waals surface area contributed by atoms with Gasteiger partial charge in [-0.15, -0.1) is 0 Å². The van der Waals surface area contributed by atoms with Crippen LogP contribution in [0.5, 0.6) is 5.75 Å². The number of benzene rings is 1. The number of fused-ring (bicyclic) bond motifs is 1. The van der Waals surface area contributed by atoms with Crippen LogP contribution in [-0.4, -0.2) is 47.9 Å². The first kappa shape index (κ1) is 17.4. The van der Waals surface area contributed by atoms with Gasteiger partial charge in [-0.2, -0.15) is 0 Å². The average Bonchev–Trinajstić information content (AvgIpc) is 3.27. The van der Waals surface area contributed by atoms with Gasteiger partial charge < -0.3 is 28.8 Å². The molecule has 0 bridgehead atoms. The summed E-state index contributed by atoms with van der Waals surface area (Å²) >= 11 is 0. The molecule has 3 fully saturated rings. The fraction of sp³-hybridized carbons (Fsp3) is 0.474. The predicted octanol–water partition coefficient (Wildman–Crippen LogP) is 2.49. The Kier molecular flexibility index (Phi) is 3.85. The Hall–Kier alpha value is -2.65. The number of halogens is 1. The van der Waals surface area contributed by atoms with Crippen molar-refractivity contribution < 1.29 is 28.5 Å². The average molecular weight is 390 g/mol. The second-order valence-electron chi connectivity index (χ2n) is 7.43. The van der Waals surface area contributed by atoms with Gasteiger partial charge in [0.25, 0.3) is 0 Å². The number of rotatable bonds is 3. The molecule has 1 aromatic heterocycles. The minimum atomic E-state index is -1.57. The first-order valence-electron chi connectivity index (χ1n) is 9.28. The van der Waals surface area contributed by atoms with E-state index in [-0.39, 0.29) is 17.2 Å². The third kappa shape index (κ3) is 2.82. The van der Waals surface area contributed by atoms with Crippen LogP contribution >= 0.6 is 0 Å². The van der Waals surface area contributed by atoms with Crippen LogP contribution in [0.2, 0.25) is 0 Å². The maximum atomic E-state index is 14.9. The number of anilines is 1. The van der Waals surface area contributed by atoms with Gasteiger partial charge in [-0.1, -0.05) is 0 Å². The summed E-state index contributed by atoms with van der Waals surface area (Å²) in [6, 6.07) is 2.97. The summed E-state index contributed by atoms with van der Waals surface area (Å²) in [5.74, 6) is -1.54. The van der Waals surface area contributed by atoms with E-state index in [4.69, 9.17) is 14.6 Å². The van der Waals surface area contributed by atoms with E-state index in [0.717, 1.165) is 12.8 Å². The molecule has 2 aliphatic heterocycles. The first-order valence-corrected chi connectivity index (χ1v) is 9.28. The Balaban J connectivity index is 1.61. The lowest BCUT2D eigenvalue weighted by atomic mass is 10.1. The van der Waals surface area contributed by atoms with Crippen molar-refractivity contribution in [3.8, 4) is 5.75 Å².